The minimum atomic E-state index is -3.37. The third-order valence-electron chi connectivity index (χ3n) is 1.77. The lowest BCUT2D eigenvalue weighted by Crippen LogP contribution is -2.21. The molecule has 1 rings (SSSR count). The molecule has 0 bridgehead atoms. The van der Waals surface area contributed by atoms with Gasteiger partial charge in [-0.3, -0.25) is 9.82 Å². The van der Waals surface area contributed by atoms with Crippen molar-refractivity contribution in [2.45, 2.75) is 26.9 Å². The second kappa shape index (κ2) is 5.31. The molecule has 0 spiro atoms. The molecule has 6 nitrogen and oxygen atoms in total. The van der Waals surface area contributed by atoms with E-state index in [4.69, 9.17) is 4.74 Å². The molecular formula is C9H17N3O3S. The fourth-order valence-corrected chi connectivity index (χ4v) is 1.92. The van der Waals surface area contributed by atoms with Crippen LogP contribution in [0.2, 0.25) is 0 Å². The molecule has 1 aromatic rings. The molecule has 0 radical (unpaired) electrons. The number of hydrogen-bond donors (Lipinski definition) is 2. The molecule has 2 N–H and O–H groups in total. The van der Waals surface area contributed by atoms with Gasteiger partial charge in [-0.05, 0) is 20.8 Å². The Hall–Kier alpha value is -1.08. The molecule has 0 saturated carbocycles. The molecule has 0 amide bonds. The van der Waals surface area contributed by atoms with Crippen molar-refractivity contribution in [1.29, 1.82) is 0 Å². The summed E-state index contributed by atoms with van der Waals surface area (Å²) in [4.78, 5) is 0. The van der Waals surface area contributed by atoms with Gasteiger partial charge in [-0.25, -0.2) is 8.42 Å². The van der Waals surface area contributed by atoms with E-state index in [0.717, 1.165) is 5.69 Å². The van der Waals surface area contributed by atoms with Crippen LogP contribution in [-0.2, 0) is 14.8 Å². The first kappa shape index (κ1) is 13.0. The summed E-state index contributed by atoms with van der Waals surface area (Å²) in [6, 6.07) is 1.63. The standard InChI is InChI=1S/C9H17N3O3S/c1-7(2)15-4-5-16(13,14)12-9-6-8(3)10-11-9/h6-7H,4-5H2,1-3H3,(H2,10,11,12). The summed E-state index contributed by atoms with van der Waals surface area (Å²) in [5.74, 6) is 0.235. The smallest absolute Gasteiger partial charge is 0.236 e. The average Bonchev–Trinajstić information content (AvgIpc) is 2.48. The molecule has 1 heterocycles. The minimum Gasteiger partial charge on any atom is -0.378 e. The van der Waals surface area contributed by atoms with Crippen LogP contribution in [0.1, 0.15) is 19.5 Å². The molecule has 0 aliphatic rings. The Bertz CT molecular complexity index is 425. The van der Waals surface area contributed by atoms with Crippen LogP contribution in [0.4, 0.5) is 5.82 Å². The fourth-order valence-electron chi connectivity index (χ4n) is 1.07. The zero-order chi connectivity index (χ0) is 12.2. The van der Waals surface area contributed by atoms with Crippen molar-refractivity contribution < 1.29 is 13.2 Å². The fraction of sp³-hybridized carbons (Fsp3) is 0.667. The van der Waals surface area contributed by atoms with Crippen LogP contribution in [0.5, 0.6) is 0 Å². The Morgan fingerprint density at radius 2 is 2.25 bits per heavy atom. The number of nitrogens with zero attached hydrogens (tertiary/aromatic N) is 1. The van der Waals surface area contributed by atoms with Gasteiger partial charge in [-0.2, -0.15) is 5.10 Å². The van der Waals surface area contributed by atoms with E-state index in [2.05, 4.69) is 14.9 Å². The summed E-state index contributed by atoms with van der Waals surface area (Å²) in [6.07, 6.45) is 0.0304. The summed E-state index contributed by atoms with van der Waals surface area (Å²) in [5, 5.41) is 6.45. The van der Waals surface area contributed by atoms with E-state index in [1.807, 2.05) is 13.8 Å². The minimum absolute atomic E-state index is 0.0304. The number of nitrogens with one attached hydrogen (secondary N) is 2. The molecule has 0 aromatic carbocycles. The van der Waals surface area contributed by atoms with Crippen molar-refractivity contribution in [3.05, 3.63) is 11.8 Å². The van der Waals surface area contributed by atoms with Gasteiger partial charge in [-0.15, -0.1) is 0 Å². The van der Waals surface area contributed by atoms with Crippen molar-refractivity contribution in [3.63, 3.8) is 0 Å². The molecule has 0 unspecified atom stereocenters. The first-order chi connectivity index (χ1) is 7.39. The maximum absolute atomic E-state index is 11.5. The van der Waals surface area contributed by atoms with E-state index in [1.165, 1.54) is 0 Å². The Kier molecular flexibility index (Phi) is 4.31. The van der Waals surface area contributed by atoms with Crippen LogP contribution in [0.25, 0.3) is 0 Å². The van der Waals surface area contributed by atoms with Gasteiger partial charge < -0.3 is 4.74 Å². The van der Waals surface area contributed by atoms with E-state index in [-0.39, 0.29) is 18.5 Å². The normalized spacial score (nSPS) is 12.0. The lowest BCUT2D eigenvalue weighted by atomic mass is 10.5. The largest absolute Gasteiger partial charge is 0.378 e. The average molecular weight is 247 g/mol. The van der Waals surface area contributed by atoms with Crippen LogP contribution in [0.15, 0.2) is 6.07 Å². The molecule has 7 heteroatoms. The molecule has 0 aliphatic heterocycles. The second-order valence-corrected chi connectivity index (χ2v) is 5.62. The topological polar surface area (TPSA) is 84.1 Å². The lowest BCUT2D eigenvalue weighted by Gasteiger charge is -2.08. The zero-order valence-electron chi connectivity index (χ0n) is 9.65. The maximum atomic E-state index is 11.5. The summed E-state index contributed by atoms with van der Waals surface area (Å²) >= 11 is 0. The third kappa shape index (κ3) is 4.63. The highest BCUT2D eigenvalue weighted by atomic mass is 32.2. The molecule has 0 saturated heterocycles. The van der Waals surface area contributed by atoms with Crippen LogP contribution >= 0.6 is 0 Å². The van der Waals surface area contributed by atoms with Gasteiger partial charge in [0.1, 0.15) is 0 Å². The summed E-state index contributed by atoms with van der Waals surface area (Å²) in [7, 11) is -3.37. The molecule has 92 valence electrons. The van der Waals surface area contributed by atoms with Crippen LogP contribution in [-0.4, -0.2) is 37.1 Å². The molecule has 16 heavy (non-hydrogen) atoms. The van der Waals surface area contributed by atoms with Crippen molar-refractivity contribution in [1.82, 2.24) is 10.2 Å². The second-order valence-electron chi connectivity index (χ2n) is 3.78. The predicted octanol–water partition coefficient (Wildman–Crippen LogP) is 0.885. The predicted molar refractivity (Wildman–Crippen MR) is 61.8 cm³/mol. The number of anilines is 1. The summed E-state index contributed by atoms with van der Waals surface area (Å²) in [5.41, 5.74) is 0.802. The number of rotatable bonds is 6. The Morgan fingerprint density at radius 3 is 2.75 bits per heavy atom. The zero-order valence-corrected chi connectivity index (χ0v) is 10.5. The van der Waals surface area contributed by atoms with Gasteiger partial charge in [-0.1, -0.05) is 0 Å². The molecule has 0 aliphatic carbocycles. The highest BCUT2D eigenvalue weighted by molar-refractivity contribution is 7.92. The van der Waals surface area contributed by atoms with Gasteiger partial charge in [0.2, 0.25) is 10.0 Å². The number of sulfonamides is 1. The third-order valence-corrected chi connectivity index (χ3v) is 2.99. The first-order valence-corrected chi connectivity index (χ1v) is 6.68. The SMILES string of the molecule is Cc1cc(NS(=O)(=O)CCOC(C)C)n[nH]1. The van der Waals surface area contributed by atoms with Crippen molar-refractivity contribution in [2.24, 2.45) is 0 Å². The van der Waals surface area contributed by atoms with Crippen LogP contribution in [0.3, 0.4) is 0 Å². The molecular weight excluding hydrogens is 230 g/mol. The van der Waals surface area contributed by atoms with E-state index in [0.29, 0.717) is 5.82 Å². The van der Waals surface area contributed by atoms with E-state index in [1.54, 1.807) is 13.0 Å². The number of ether oxygens (including phenoxy) is 1. The maximum Gasteiger partial charge on any atom is 0.236 e. The van der Waals surface area contributed by atoms with Gasteiger partial charge in [0, 0.05) is 11.8 Å². The first-order valence-electron chi connectivity index (χ1n) is 5.03. The highest BCUT2D eigenvalue weighted by Gasteiger charge is 2.12. The van der Waals surface area contributed by atoms with Crippen molar-refractivity contribution >= 4 is 15.8 Å². The monoisotopic (exact) mass is 247 g/mol. The van der Waals surface area contributed by atoms with Gasteiger partial charge in [0.15, 0.2) is 5.82 Å². The summed E-state index contributed by atoms with van der Waals surface area (Å²) in [6.45, 7) is 5.69. The number of aromatic amines is 1. The highest BCUT2D eigenvalue weighted by Crippen LogP contribution is 2.06. The number of aromatic nitrogens is 2. The van der Waals surface area contributed by atoms with Crippen molar-refractivity contribution in [3.8, 4) is 0 Å². The van der Waals surface area contributed by atoms with Crippen molar-refractivity contribution in [2.75, 3.05) is 17.1 Å². The number of hydrogen-bond acceptors (Lipinski definition) is 4. The molecule has 0 atom stereocenters. The van der Waals surface area contributed by atoms with Gasteiger partial charge in [0.25, 0.3) is 0 Å². The number of aryl methyl sites for hydroxylation is 1. The molecule has 1 aromatic heterocycles. The van der Waals surface area contributed by atoms with Crippen LogP contribution in [0, 0.1) is 6.92 Å². The van der Waals surface area contributed by atoms with E-state index in [9.17, 15) is 8.42 Å². The van der Waals surface area contributed by atoms with E-state index >= 15 is 0 Å². The Morgan fingerprint density at radius 1 is 1.56 bits per heavy atom. The quantitative estimate of drug-likeness (QED) is 0.781. The number of H-pyrrole nitrogens is 1. The van der Waals surface area contributed by atoms with E-state index < -0.39 is 10.0 Å². The van der Waals surface area contributed by atoms with Gasteiger partial charge in [0.05, 0.1) is 18.5 Å². The van der Waals surface area contributed by atoms with Gasteiger partial charge >= 0.3 is 0 Å². The summed E-state index contributed by atoms with van der Waals surface area (Å²) < 4.78 is 30.6. The van der Waals surface area contributed by atoms with Crippen LogP contribution < -0.4 is 4.72 Å². The Balaban J connectivity index is 2.46. The molecule has 0 fully saturated rings. The lowest BCUT2D eigenvalue weighted by molar-refractivity contribution is 0.0913. The Labute approximate surface area is 95.4 Å².